The molecule has 0 atom stereocenters. The van der Waals surface area contributed by atoms with Crippen LogP contribution in [-0.2, 0) is 10.2 Å². The topological polar surface area (TPSA) is 106 Å². The SMILES string of the molecule is COc1cc2ncnc(Nc3ccc(F)c(Cl)c3)c2cc1O[C@H]1CC[C@H](NS(=O)(=O)N(C)C)CC1. The van der Waals surface area contributed by atoms with E-state index in [0.29, 0.717) is 59.6 Å². The van der Waals surface area contributed by atoms with Gasteiger partial charge in [-0.2, -0.15) is 17.4 Å². The molecule has 2 aromatic carbocycles. The van der Waals surface area contributed by atoms with Gasteiger partial charge in [0.15, 0.2) is 11.5 Å². The third-order valence-corrected chi connectivity index (χ3v) is 7.75. The first-order valence-electron chi connectivity index (χ1n) is 11.1. The maximum Gasteiger partial charge on any atom is 0.279 e. The van der Waals surface area contributed by atoms with Crippen LogP contribution in [0.1, 0.15) is 25.7 Å². The molecule has 35 heavy (non-hydrogen) atoms. The molecule has 0 aliphatic heterocycles. The number of rotatable bonds is 8. The largest absolute Gasteiger partial charge is 0.493 e. The van der Waals surface area contributed by atoms with Crippen LogP contribution < -0.4 is 19.5 Å². The van der Waals surface area contributed by atoms with Crippen molar-refractivity contribution in [3.8, 4) is 11.5 Å². The minimum Gasteiger partial charge on any atom is -0.493 e. The minimum absolute atomic E-state index is 0.00234. The van der Waals surface area contributed by atoms with Crippen LogP contribution in [0.5, 0.6) is 11.5 Å². The van der Waals surface area contributed by atoms with E-state index in [1.165, 1.54) is 36.9 Å². The molecule has 4 rings (SSSR count). The molecular weight excluding hydrogens is 497 g/mol. The number of methoxy groups -OCH3 is 1. The standard InChI is InChI=1S/C23H27ClFN5O4S/c1-30(2)35(31,32)29-14-4-7-16(8-5-14)34-22-11-17-20(12-21(22)33-3)26-13-27-23(17)28-15-6-9-19(25)18(24)10-15/h6,9-14,16,29H,4-5,7-8H2,1-3H3,(H,26,27,28)/t14-,16-. The Morgan fingerprint density at radius 2 is 1.83 bits per heavy atom. The van der Waals surface area contributed by atoms with Crippen molar-refractivity contribution in [3.05, 3.63) is 47.5 Å². The first-order chi connectivity index (χ1) is 16.7. The molecule has 1 aromatic heterocycles. The van der Waals surface area contributed by atoms with Crippen LogP contribution in [-0.4, -0.2) is 56.0 Å². The normalized spacial score (nSPS) is 18.6. The van der Waals surface area contributed by atoms with E-state index in [0.717, 1.165) is 0 Å². The predicted octanol–water partition coefficient (Wildman–Crippen LogP) is 4.26. The minimum atomic E-state index is -3.47. The highest BCUT2D eigenvalue weighted by molar-refractivity contribution is 7.87. The van der Waals surface area contributed by atoms with E-state index in [1.54, 1.807) is 19.2 Å². The van der Waals surface area contributed by atoms with Gasteiger partial charge in [0, 0.05) is 37.3 Å². The molecule has 9 nitrogen and oxygen atoms in total. The van der Waals surface area contributed by atoms with Gasteiger partial charge in [-0.05, 0) is 49.9 Å². The van der Waals surface area contributed by atoms with E-state index in [-0.39, 0.29) is 17.2 Å². The maximum atomic E-state index is 13.5. The fourth-order valence-electron chi connectivity index (χ4n) is 3.92. The Labute approximate surface area is 208 Å². The Hall–Kier alpha value is -2.73. The molecule has 12 heteroatoms. The van der Waals surface area contributed by atoms with E-state index in [4.69, 9.17) is 21.1 Å². The van der Waals surface area contributed by atoms with Crippen LogP contribution in [0, 0.1) is 5.82 Å². The number of ether oxygens (including phenoxy) is 2. The number of nitrogens with zero attached hydrogens (tertiary/aromatic N) is 3. The smallest absolute Gasteiger partial charge is 0.279 e. The van der Waals surface area contributed by atoms with Crippen molar-refractivity contribution in [1.29, 1.82) is 0 Å². The molecule has 3 aromatic rings. The van der Waals surface area contributed by atoms with Crippen molar-refractivity contribution in [2.45, 2.75) is 37.8 Å². The third-order valence-electron chi connectivity index (χ3n) is 5.87. The summed E-state index contributed by atoms with van der Waals surface area (Å²) in [6.45, 7) is 0. The average molecular weight is 524 g/mol. The second-order valence-corrected chi connectivity index (χ2v) is 10.8. The molecular formula is C23H27ClFN5O4S. The first kappa shape index (κ1) is 25.4. The lowest BCUT2D eigenvalue weighted by Gasteiger charge is -2.30. The number of halogens is 2. The Kier molecular flexibility index (Phi) is 7.60. The summed E-state index contributed by atoms with van der Waals surface area (Å²) in [7, 11) is 1.09. The molecule has 188 valence electrons. The number of fused-ring (bicyclic) bond motifs is 1. The Balaban J connectivity index is 1.53. The number of hydrogen-bond acceptors (Lipinski definition) is 7. The van der Waals surface area contributed by atoms with Crippen LogP contribution in [0.4, 0.5) is 15.9 Å². The molecule has 0 spiro atoms. The lowest BCUT2D eigenvalue weighted by molar-refractivity contribution is 0.139. The number of aromatic nitrogens is 2. The molecule has 1 aliphatic carbocycles. The molecule has 0 saturated heterocycles. The summed E-state index contributed by atoms with van der Waals surface area (Å²) in [6, 6.07) is 7.77. The fourth-order valence-corrected chi connectivity index (χ4v) is 4.97. The molecule has 1 saturated carbocycles. The van der Waals surface area contributed by atoms with Crippen LogP contribution in [0.15, 0.2) is 36.7 Å². The van der Waals surface area contributed by atoms with Crippen LogP contribution in [0.25, 0.3) is 10.9 Å². The molecule has 2 N–H and O–H groups in total. The van der Waals surface area contributed by atoms with E-state index >= 15 is 0 Å². The van der Waals surface area contributed by atoms with Crippen molar-refractivity contribution in [1.82, 2.24) is 19.0 Å². The van der Waals surface area contributed by atoms with Gasteiger partial charge < -0.3 is 14.8 Å². The second kappa shape index (κ2) is 10.5. The lowest BCUT2D eigenvalue weighted by Crippen LogP contribution is -2.44. The van der Waals surface area contributed by atoms with Gasteiger partial charge in [0.05, 0.1) is 23.8 Å². The van der Waals surface area contributed by atoms with Gasteiger partial charge in [-0.15, -0.1) is 0 Å². The van der Waals surface area contributed by atoms with Gasteiger partial charge in [-0.1, -0.05) is 11.6 Å². The van der Waals surface area contributed by atoms with Gasteiger partial charge in [0.1, 0.15) is 18.0 Å². The zero-order valence-corrected chi connectivity index (χ0v) is 21.2. The molecule has 0 amide bonds. The Morgan fingerprint density at radius 1 is 1.09 bits per heavy atom. The molecule has 0 unspecified atom stereocenters. The summed E-state index contributed by atoms with van der Waals surface area (Å²) in [6.07, 6.45) is 4.02. The highest BCUT2D eigenvalue weighted by atomic mass is 35.5. The second-order valence-electron chi connectivity index (χ2n) is 8.49. The van der Waals surface area contributed by atoms with Gasteiger partial charge in [-0.3, -0.25) is 0 Å². The lowest BCUT2D eigenvalue weighted by atomic mass is 9.93. The number of benzene rings is 2. The van der Waals surface area contributed by atoms with Gasteiger partial charge in [-0.25, -0.2) is 14.4 Å². The summed E-state index contributed by atoms with van der Waals surface area (Å²) in [5, 5.41) is 3.85. The maximum absolute atomic E-state index is 13.5. The van der Waals surface area contributed by atoms with E-state index in [1.807, 2.05) is 6.07 Å². The average Bonchev–Trinajstić information content (AvgIpc) is 2.82. The summed E-state index contributed by atoms with van der Waals surface area (Å²) in [5.41, 5.74) is 1.22. The third kappa shape index (κ3) is 5.92. The van der Waals surface area contributed by atoms with Crippen molar-refractivity contribution >= 4 is 44.2 Å². The van der Waals surface area contributed by atoms with Crippen molar-refractivity contribution in [2.24, 2.45) is 0 Å². The monoisotopic (exact) mass is 523 g/mol. The number of hydrogen-bond donors (Lipinski definition) is 2. The summed E-state index contributed by atoms with van der Waals surface area (Å²) in [5.74, 6) is 1.07. The Bertz CT molecular complexity index is 1320. The van der Waals surface area contributed by atoms with E-state index in [2.05, 4.69) is 20.0 Å². The summed E-state index contributed by atoms with van der Waals surface area (Å²) in [4.78, 5) is 8.66. The van der Waals surface area contributed by atoms with Crippen molar-refractivity contribution in [2.75, 3.05) is 26.5 Å². The fraction of sp³-hybridized carbons (Fsp3) is 0.391. The molecule has 1 aliphatic rings. The summed E-state index contributed by atoms with van der Waals surface area (Å²) < 4.78 is 53.5. The van der Waals surface area contributed by atoms with Crippen LogP contribution in [0.2, 0.25) is 5.02 Å². The van der Waals surface area contributed by atoms with Crippen molar-refractivity contribution in [3.63, 3.8) is 0 Å². The quantitative estimate of drug-likeness (QED) is 0.454. The zero-order valence-electron chi connectivity index (χ0n) is 19.6. The molecule has 1 heterocycles. The van der Waals surface area contributed by atoms with Gasteiger partial charge in [0.25, 0.3) is 10.2 Å². The van der Waals surface area contributed by atoms with Crippen LogP contribution in [0.3, 0.4) is 0 Å². The Morgan fingerprint density at radius 3 is 2.49 bits per heavy atom. The van der Waals surface area contributed by atoms with Crippen LogP contribution >= 0.6 is 11.6 Å². The summed E-state index contributed by atoms with van der Waals surface area (Å²) >= 11 is 5.91. The molecule has 0 radical (unpaired) electrons. The number of anilines is 2. The zero-order chi connectivity index (χ0) is 25.2. The van der Waals surface area contributed by atoms with E-state index in [9.17, 15) is 12.8 Å². The van der Waals surface area contributed by atoms with Gasteiger partial charge in [0.2, 0.25) is 0 Å². The molecule has 1 fully saturated rings. The van der Waals surface area contributed by atoms with Crippen molar-refractivity contribution < 1.29 is 22.3 Å². The highest BCUT2D eigenvalue weighted by Crippen LogP contribution is 2.37. The molecule has 0 bridgehead atoms. The first-order valence-corrected chi connectivity index (χ1v) is 12.9. The highest BCUT2D eigenvalue weighted by Gasteiger charge is 2.27. The van der Waals surface area contributed by atoms with E-state index < -0.39 is 16.0 Å². The predicted molar refractivity (Wildman–Crippen MR) is 133 cm³/mol. The number of nitrogens with one attached hydrogen (secondary N) is 2. The van der Waals surface area contributed by atoms with Gasteiger partial charge >= 0.3 is 0 Å².